The molecule has 2 fully saturated rings. The van der Waals surface area contributed by atoms with E-state index in [1.54, 1.807) is 0 Å². The summed E-state index contributed by atoms with van der Waals surface area (Å²) in [6.07, 6.45) is 4.56. The molecule has 1 amide bonds. The first-order valence-corrected chi connectivity index (χ1v) is 8.80. The number of fused-ring (bicyclic) bond motifs is 2. The van der Waals surface area contributed by atoms with Gasteiger partial charge < -0.3 is 5.32 Å². The van der Waals surface area contributed by atoms with Gasteiger partial charge in [-0.1, -0.05) is 39.3 Å². The van der Waals surface area contributed by atoms with Crippen molar-refractivity contribution in [3.05, 3.63) is 29.8 Å². The zero-order valence-corrected chi connectivity index (χ0v) is 14.4. The Morgan fingerprint density at radius 3 is 2.13 bits per heavy atom. The SMILES string of the molecule is CC(C)(C)c1ccc(NC(=O)C2C[C@H]3CCC[C@@H](C2)C3=O)cc1. The van der Waals surface area contributed by atoms with Crippen molar-refractivity contribution in [2.75, 3.05) is 5.32 Å². The molecule has 2 aliphatic rings. The molecule has 3 atom stereocenters. The predicted octanol–water partition coefficient (Wildman–Crippen LogP) is 4.32. The van der Waals surface area contributed by atoms with Gasteiger partial charge >= 0.3 is 0 Å². The Morgan fingerprint density at radius 2 is 1.61 bits per heavy atom. The van der Waals surface area contributed by atoms with Gasteiger partial charge in [-0.05, 0) is 48.8 Å². The van der Waals surface area contributed by atoms with Gasteiger partial charge in [0.2, 0.25) is 5.91 Å². The Hall–Kier alpha value is -1.64. The minimum atomic E-state index is -0.00899. The molecule has 0 heterocycles. The van der Waals surface area contributed by atoms with Gasteiger partial charge in [0.05, 0.1) is 0 Å². The molecule has 124 valence electrons. The van der Waals surface area contributed by atoms with E-state index in [1.165, 1.54) is 5.56 Å². The van der Waals surface area contributed by atoms with Crippen LogP contribution < -0.4 is 5.32 Å². The Bertz CT molecular complexity index is 581. The van der Waals surface area contributed by atoms with Crippen molar-refractivity contribution in [1.82, 2.24) is 0 Å². The summed E-state index contributed by atoms with van der Waals surface area (Å²) in [6, 6.07) is 8.12. The van der Waals surface area contributed by atoms with E-state index < -0.39 is 0 Å². The maximum Gasteiger partial charge on any atom is 0.227 e. The summed E-state index contributed by atoms with van der Waals surface area (Å²) in [5.74, 6) is 0.737. The van der Waals surface area contributed by atoms with Crippen LogP contribution in [0.25, 0.3) is 0 Å². The maximum absolute atomic E-state index is 12.6. The largest absolute Gasteiger partial charge is 0.326 e. The Morgan fingerprint density at radius 1 is 1.04 bits per heavy atom. The first-order chi connectivity index (χ1) is 10.8. The van der Waals surface area contributed by atoms with Crippen LogP contribution in [0.1, 0.15) is 58.4 Å². The molecule has 3 nitrogen and oxygen atoms in total. The molecular formula is C20H27NO2. The van der Waals surface area contributed by atoms with E-state index in [4.69, 9.17) is 0 Å². The third kappa shape index (κ3) is 3.49. The van der Waals surface area contributed by atoms with Crippen LogP contribution in [0.5, 0.6) is 0 Å². The second-order valence-corrected chi connectivity index (χ2v) is 8.21. The van der Waals surface area contributed by atoms with Gasteiger partial charge in [0.25, 0.3) is 0 Å². The number of ketones is 1. The lowest BCUT2D eigenvalue weighted by Gasteiger charge is -2.36. The highest BCUT2D eigenvalue weighted by Crippen LogP contribution is 2.40. The number of nitrogens with one attached hydrogen (secondary N) is 1. The van der Waals surface area contributed by atoms with Crippen LogP contribution >= 0.6 is 0 Å². The summed E-state index contributed by atoms with van der Waals surface area (Å²) >= 11 is 0. The first kappa shape index (κ1) is 16.2. The molecular weight excluding hydrogens is 286 g/mol. The number of rotatable bonds is 2. The topological polar surface area (TPSA) is 46.2 Å². The molecule has 2 bridgehead atoms. The first-order valence-electron chi connectivity index (χ1n) is 8.80. The Kier molecular flexibility index (Phi) is 4.31. The molecule has 1 unspecified atom stereocenters. The fourth-order valence-corrected chi connectivity index (χ4v) is 3.99. The molecule has 1 N–H and O–H groups in total. The molecule has 23 heavy (non-hydrogen) atoms. The Labute approximate surface area is 138 Å². The average Bonchev–Trinajstić information content (AvgIpc) is 2.46. The minimum absolute atomic E-state index is 0.00899. The third-order valence-electron chi connectivity index (χ3n) is 5.44. The molecule has 1 aromatic rings. The number of benzene rings is 1. The van der Waals surface area contributed by atoms with Gasteiger partial charge in [-0.2, -0.15) is 0 Å². The van der Waals surface area contributed by atoms with Crippen LogP contribution in [-0.2, 0) is 15.0 Å². The molecule has 0 saturated heterocycles. The van der Waals surface area contributed by atoms with Gasteiger partial charge in [-0.15, -0.1) is 0 Å². The Balaban J connectivity index is 1.64. The van der Waals surface area contributed by atoms with Gasteiger partial charge in [0.1, 0.15) is 5.78 Å². The van der Waals surface area contributed by atoms with E-state index in [2.05, 4.69) is 38.2 Å². The van der Waals surface area contributed by atoms with Crippen molar-refractivity contribution >= 4 is 17.4 Å². The normalized spacial score (nSPS) is 27.6. The number of amides is 1. The monoisotopic (exact) mass is 313 g/mol. The fourth-order valence-electron chi connectivity index (χ4n) is 3.99. The van der Waals surface area contributed by atoms with Crippen LogP contribution in [0.3, 0.4) is 0 Å². The van der Waals surface area contributed by atoms with Crippen molar-refractivity contribution in [2.24, 2.45) is 17.8 Å². The summed E-state index contributed by atoms with van der Waals surface area (Å²) in [6.45, 7) is 6.54. The number of Topliss-reactive ketones (excluding diaryl/α,β-unsaturated/α-hetero) is 1. The lowest BCUT2D eigenvalue weighted by Crippen LogP contribution is -2.40. The summed E-state index contributed by atoms with van der Waals surface area (Å²) in [5.41, 5.74) is 2.22. The average molecular weight is 313 g/mol. The third-order valence-corrected chi connectivity index (χ3v) is 5.44. The van der Waals surface area contributed by atoms with Crippen LogP contribution in [0.15, 0.2) is 24.3 Å². The highest BCUT2D eigenvalue weighted by molar-refractivity contribution is 5.95. The highest BCUT2D eigenvalue weighted by Gasteiger charge is 2.41. The van der Waals surface area contributed by atoms with E-state index >= 15 is 0 Å². The van der Waals surface area contributed by atoms with Crippen molar-refractivity contribution in [3.63, 3.8) is 0 Å². The van der Waals surface area contributed by atoms with Crippen LogP contribution in [0.2, 0.25) is 0 Å². The standard InChI is InChI=1S/C20H27NO2/c1-20(2,3)16-7-9-17(10-8-16)21-19(23)15-11-13-5-4-6-14(12-15)18(13)22/h7-10,13-15H,4-6,11-12H2,1-3H3,(H,21,23)/t13-,14+,15?. The number of carbonyl (C=O) groups is 2. The lowest BCUT2D eigenvalue weighted by atomic mass is 9.67. The minimum Gasteiger partial charge on any atom is -0.326 e. The molecule has 0 aliphatic heterocycles. The molecule has 2 aliphatic carbocycles. The van der Waals surface area contributed by atoms with E-state index in [9.17, 15) is 9.59 Å². The molecule has 1 aromatic carbocycles. The summed E-state index contributed by atoms with van der Waals surface area (Å²) < 4.78 is 0. The van der Waals surface area contributed by atoms with E-state index in [-0.39, 0.29) is 29.1 Å². The fraction of sp³-hybridized carbons (Fsp3) is 0.600. The second kappa shape index (κ2) is 6.10. The summed E-state index contributed by atoms with van der Waals surface area (Å²) in [4.78, 5) is 24.7. The van der Waals surface area contributed by atoms with Crippen LogP contribution in [-0.4, -0.2) is 11.7 Å². The second-order valence-electron chi connectivity index (χ2n) is 8.21. The molecule has 0 radical (unpaired) electrons. The maximum atomic E-state index is 12.6. The van der Waals surface area contributed by atoms with Crippen molar-refractivity contribution in [2.45, 2.75) is 58.3 Å². The molecule has 2 saturated carbocycles. The number of hydrogen-bond donors (Lipinski definition) is 1. The molecule has 3 rings (SSSR count). The van der Waals surface area contributed by atoms with Crippen molar-refractivity contribution < 1.29 is 9.59 Å². The van der Waals surface area contributed by atoms with Gasteiger partial charge in [0, 0.05) is 23.4 Å². The van der Waals surface area contributed by atoms with Gasteiger partial charge in [-0.25, -0.2) is 0 Å². The molecule has 0 spiro atoms. The summed E-state index contributed by atoms with van der Waals surface area (Å²) in [5, 5.41) is 3.04. The quantitative estimate of drug-likeness (QED) is 0.884. The zero-order chi connectivity index (χ0) is 16.6. The highest BCUT2D eigenvalue weighted by atomic mass is 16.2. The lowest BCUT2D eigenvalue weighted by molar-refractivity contribution is -0.136. The number of carbonyl (C=O) groups excluding carboxylic acids is 2. The molecule has 3 heteroatoms. The number of hydrogen-bond acceptors (Lipinski definition) is 2. The smallest absolute Gasteiger partial charge is 0.227 e. The van der Waals surface area contributed by atoms with Crippen LogP contribution in [0, 0.1) is 17.8 Å². The zero-order valence-electron chi connectivity index (χ0n) is 14.4. The summed E-state index contributed by atoms with van der Waals surface area (Å²) in [7, 11) is 0. The number of anilines is 1. The van der Waals surface area contributed by atoms with Crippen molar-refractivity contribution in [1.29, 1.82) is 0 Å². The van der Waals surface area contributed by atoms with E-state index in [0.717, 1.165) is 37.8 Å². The molecule has 0 aromatic heterocycles. The van der Waals surface area contributed by atoms with Crippen LogP contribution in [0.4, 0.5) is 5.69 Å². The van der Waals surface area contributed by atoms with E-state index in [0.29, 0.717) is 5.78 Å². The predicted molar refractivity (Wildman–Crippen MR) is 92.3 cm³/mol. The van der Waals surface area contributed by atoms with Crippen molar-refractivity contribution in [3.8, 4) is 0 Å². The van der Waals surface area contributed by atoms with E-state index in [1.807, 2.05) is 12.1 Å². The van der Waals surface area contributed by atoms with Gasteiger partial charge in [0.15, 0.2) is 0 Å². The van der Waals surface area contributed by atoms with Gasteiger partial charge in [-0.3, -0.25) is 9.59 Å².